The second-order valence-electron chi connectivity index (χ2n) is 16.5. The van der Waals surface area contributed by atoms with E-state index in [1.54, 1.807) is 17.9 Å². The van der Waals surface area contributed by atoms with Crippen LogP contribution in [0.4, 0.5) is 4.79 Å². The third kappa shape index (κ3) is 11.0. The van der Waals surface area contributed by atoms with Crippen molar-refractivity contribution in [2.45, 2.75) is 160 Å². The van der Waals surface area contributed by atoms with Gasteiger partial charge in [0.1, 0.15) is 23.9 Å². The summed E-state index contributed by atoms with van der Waals surface area (Å²) in [5.41, 5.74) is 6.17. The number of likely N-dealkylation sites (tertiary alicyclic amines) is 1. The molecular weight excluding hydrogens is 655 g/mol. The number of carbonyl (C=O) groups is 3. The molecule has 0 aromatic rings. The van der Waals surface area contributed by atoms with E-state index in [9.17, 15) is 14.4 Å². The van der Waals surface area contributed by atoms with Crippen LogP contribution in [-0.4, -0.2) is 99.1 Å². The van der Waals surface area contributed by atoms with Gasteiger partial charge in [0.15, 0.2) is 8.32 Å². The number of allylic oxidation sites excluding steroid dienone is 2. The second-order valence-corrected chi connectivity index (χ2v) is 21.3. The predicted octanol–water partition coefficient (Wildman–Crippen LogP) is 5.94. The van der Waals surface area contributed by atoms with Crippen molar-refractivity contribution in [3.05, 3.63) is 36.0 Å². The molecule has 9 atom stereocenters. The molecule has 4 aliphatic heterocycles. The fourth-order valence-electron chi connectivity index (χ4n) is 6.81. The monoisotopic (exact) mass is 717 g/mol. The van der Waals surface area contributed by atoms with Gasteiger partial charge in [0.2, 0.25) is 11.8 Å². The number of hydrogen-bond acceptors (Lipinski definition) is 8. The van der Waals surface area contributed by atoms with E-state index in [0.717, 1.165) is 50.8 Å². The number of nitrogens with two attached hydrogens (primary N) is 1. The van der Waals surface area contributed by atoms with Crippen LogP contribution in [0.15, 0.2) is 36.0 Å². The summed E-state index contributed by atoms with van der Waals surface area (Å²) in [5.74, 6) is -0.388. The van der Waals surface area contributed by atoms with E-state index in [1.807, 2.05) is 13.0 Å². The SMILES string of the molecule is CC(/C=C/[C@H]1O[C@H](CC(N)=O)C[C@@]2(CO2)[C@@H]1O[Si](C)(C)C(C)(C)C)=C\C[C@@H]1O[C@H](C)[C@H](NC(=O)/C=C\[C@H](C)OC(=O)N2CCCCC2)C[C@@H]1C. The van der Waals surface area contributed by atoms with E-state index in [2.05, 4.69) is 65.2 Å². The molecule has 11 nitrogen and oxygen atoms in total. The van der Waals surface area contributed by atoms with E-state index < -0.39 is 20.0 Å². The number of nitrogens with zero attached hydrogens (tertiary/aromatic N) is 1. The molecule has 4 fully saturated rings. The van der Waals surface area contributed by atoms with Crippen LogP contribution < -0.4 is 11.1 Å². The van der Waals surface area contributed by atoms with Crippen molar-refractivity contribution < 1.29 is 37.8 Å². The van der Waals surface area contributed by atoms with E-state index >= 15 is 0 Å². The molecule has 4 heterocycles. The minimum absolute atomic E-state index is 0.00921. The van der Waals surface area contributed by atoms with E-state index in [0.29, 0.717) is 13.0 Å². The Morgan fingerprint density at radius 3 is 2.40 bits per heavy atom. The number of ether oxygens (including phenoxy) is 4. The Morgan fingerprint density at radius 1 is 1.10 bits per heavy atom. The molecule has 50 heavy (non-hydrogen) atoms. The summed E-state index contributed by atoms with van der Waals surface area (Å²) in [7, 11) is -2.15. The minimum Gasteiger partial charge on any atom is -0.442 e. The highest BCUT2D eigenvalue weighted by Crippen LogP contribution is 2.48. The Balaban J connectivity index is 1.31. The molecule has 3 amide bonds. The highest BCUT2D eigenvalue weighted by molar-refractivity contribution is 6.74. The van der Waals surface area contributed by atoms with Gasteiger partial charge in [0, 0.05) is 25.6 Å². The van der Waals surface area contributed by atoms with Crippen LogP contribution in [0.5, 0.6) is 0 Å². The lowest BCUT2D eigenvalue weighted by Gasteiger charge is -2.46. The third-order valence-electron chi connectivity index (χ3n) is 11.1. The molecule has 4 aliphatic rings. The van der Waals surface area contributed by atoms with Gasteiger partial charge in [-0.1, -0.05) is 51.5 Å². The van der Waals surface area contributed by atoms with Crippen molar-refractivity contribution in [1.29, 1.82) is 0 Å². The van der Waals surface area contributed by atoms with Gasteiger partial charge in [-0.2, -0.15) is 0 Å². The van der Waals surface area contributed by atoms with Gasteiger partial charge in [-0.3, -0.25) is 9.59 Å². The normalized spacial score (nSPS) is 33.1. The summed E-state index contributed by atoms with van der Waals surface area (Å²) < 4.78 is 31.3. The van der Waals surface area contributed by atoms with Gasteiger partial charge < -0.3 is 39.3 Å². The Morgan fingerprint density at radius 2 is 1.78 bits per heavy atom. The van der Waals surface area contributed by atoms with Crippen LogP contribution in [0.2, 0.25) is 18.1 Å². The fraction of sp³-hybridized carbons (Fsp3) is 0.763. The lowest BCUT2D eigenvalue weighted by Crippen LogP contribution is -2.57. The summed E-state index contributed by atoms with van der Waals surface area (Å²) >= 11 is 0. The average molecular weight is 718 g/mol. The zero-order valence-electron chi connectivity index (χ0n) is 31.9. The maximum Gasteiger partial charge on any atom is 0.410 e. The maximum atomic E-state index is 12.8. The molecule has 0 aromatic heterocycles. The zero-order chi connectivity index (χ0) is 36.9. The van der Waals surface area contributed by atoms with Crippen molar-refractivity contribution in [2.75, 3.05) is 19.7 Å². The Hall–Kier alpha value is -2.51. The maximum absolute atomic E-state index is 12.8. The van der Waals surface area contributed by atoms with Crippen molar-refractivity contribution in [3.63, 3.8) is 0 Å². The first kappa shape index (κ1) is 40.3. The quantitative estimate of drug-likeness (QED) is 0.109. The first-order valence-electron chi connectivity index (χ1n) is 18.6. The van der Waals surface area contributed by atoms with Crippen LogP contribution >= 0.6 is 0 Å². The van der Waals surface area contributed by atoms with Crippen molar-refractivity contribution >= 4 is 26.2 Å². The average Bonchev–Trinajstić information content (AvgIpc) is 3.80. The summed E-state index contributed by atoms with van der Waals surface area (Å²) in [4.78, 5) is 38.6. The number of nitrogens with one attached hydrogen (secondary N) is 1. The van der Waals surface area contributed by atoms with Gasteiger partial charge in [-0.05, 0) is 83.0 Å². The largest absolute Gasteiger partial charge is 0.442 e. The second kappa shape index (κ2) is 16.9. The molecule has 282 valence electrons. The number of primary amides is 1. The molecule has 0 radical (unpaired) electrons. The Labute approximate surface area is 300 Å². The molecule has 12 heteroatoms. The number of piperidine rings is 1. The summed E-state index contributed by atoms with van der Waals surface area (Å²) in [6, 6.07) is -0.124. The molecule has 0 aromatic carbocycles. The predicted molar refractivity (Wildman–Crippen MR) is 196 cm³/mol. The van der Waals surface area contributed by atoms with Crippen LogP contribution in [-0.2, 0) is 33.0 Å². The highest BCUT2D eigenvalue weighted by atomic mass is 28.4. The third-order valence-corrected chi connectivity index (χ3v) is 15.6. The smallest absolute Gasteiger partial charge is 0.410 e. The van der Waals surface area contributed by atoms with E-state index in [1.165, 1.54) is 6.08 Å². The van der Waals surface area contributed by atoms with Crippen molar-refractivity contribution in [2.24, 2.45) is 11.7 Å². The van der Waals surface area contributed by atoms with Crippen LogP contribution in [0, 0.1) is 5.92 Å². The number of epoxide rings is 1. The fourth-order valence-corrected chi connectivity index (χ4v) is 8.15. The molecule has 0 aliphatic carbocycles. The lowest BCUT2D eigenvalue weighted by molar-refractivity contribution is -0.140. The molecule has 3 N–H and O–H groups in total. The molecule has 0 unspecified atom stereocenters. The van der Waals surface area contributed by atoms with Crippen LogP contribution in [0.25, 0.3) is 0 Å². The standard InChI is InChI=1S/C38H63N3O8Si/c1-25(14-17-32-35(49-50(8,9)37(5,6)7)38(24-45-38)23-29(48-32)22-33(39)42)13-16-31-26(2)21-30(28(4)47-31)40-34(43)18-15-27(3)46-36(44)41-19-11-10-12-20-41/h13-15,17-18,26-32,35H,10-12,16,19-24H2,1-9H3,(H2,39,42)(H,40,43)/b17-14+,18-15-,25-13+/t26-,27-,28+,29+,30+,31-,32+,35+,38+/m0/s1. The van der Waals surface area contributed by atoms with Gasteiger partial charge in [-0.15, -0.1) is 0 Å². The van der Waals surface area contributed by atoms with Crippen LogP contribution in [0.3, 0.4) is 0 Å². The Kier molecular flexibility index (Phi) is 13.6. The van der Waals surface area contributed by atoms with Crippen molar-refractivity contribution in [1.82, 2.24) is 10.2 Å². The molecule has 0 bridgehead atoms. The summed E-state index contributed by atoms with van der Waals surface area (Å²) in [5, 5.41) is 3.10. The van der Waals surface area contributed by atoms with E-state index in [4.69, 9.17) is 29.1 Å². The number of rotatable bonds is 12. The highest BCUT2D eigenvalue weighted by Gasteiger charge is 2.61. The molecular formula is C38H63N3O8Si. The number of amides is 3. The zero-order valence-corrected chi connectivity index (χ0v) is 32.9. The first-order valence-corrected chi connectivity index (χ1v) is 21.5. The number of carbonyl (C=O) groups excluding carboxylic acids is 3. The van der Waals surface area contributed by atoms with Gasteiger partial charge >= 0.3 is 6.09 Å². The lowest BCUT2D eigenvalue weighted by atomic mass is 9.87. The van der Waals surface area contributed by atoms with Gasteiger partial charge in [-0.25, -0.2) is 4.79 Å². The molecule has 1 spiro atoms. The van der Waals surface area contributed by atoms with Gasteiger partial charge in [0.25, 0.3) is 0 Å². The summed E-state index contributed by atoms with van der Waals surface area (Å²) in [6.07, 6.45) is 12.8. The summed E-state index contributed by atoms with van der Waals surface area (Å²) in [6.45, 7) is 21.1. The topological polar surface area (TPSA) is 142 Å². The molecule has 0 saturated carbocycles. The first-order chi connectivity index (χ1) is 23.4. The molecule has 4 rings (SSSR count). The van der Waals surface area contributed by atoms with Crippen LogP contribution in [0.1, 0.15) is 93.4 Å². The minimum atomic E-state index is -2.15. The molecule has 4 saturated heterocycles. The Bertz CT molecular complexity index is 1280. The van der Waals surface area contributed by atoms with Gasteiger partial charge in [0.05, 0.1) is 37.4 Å². The van der Waals surface area contributed by atoms with Crippen molar-refractivity contribution in [3.8, 4) is 0 Å². The number of hydrogen-bond donors (Lipinski definition) is 2. The van der Waals surface area contributed by atoms with E-state index in [-0.39, 0.29) is 71.8 Å².